The lowest BCUT2D eigenvalue weighted by Crippen LogP contribution is -2.06. The van der Waals surface area contributed by atoms with Gasteiger partial charge < -0.3 is 14.6 Å². The van der Waals surface area contributed by atoms with E-state index >= 15 is 0 Å². The Kier molecular flexibility index (Phi) is 6.84. The molecule has 0 spiro atoms. The van der Waals surface area contributed by atoms with Crippen molar-refractivity contribution in [1.29, 1.82) is 0 Å². The van der Waals surface area contributed by atoms with E-state index < -0.39 is 6.10 Å². The highest BCUT2D eigenvalue weighted by atomic mass is 16.5. The molecule has 0 fully saturated rings. The molecule has 1 unspecified atom stereocenters. The van der Waals surface area contributed by atoms with Crippen LogP contribution in [0.2, 0.25) is 0 Å². The summed E-state index contributed by atoms with van der Waals surface area (Å²) in [6.07, 6.45) is 4.74. The Morgan fingerprint density at radius 2 is 2.24 bits per heavy atom. The highest BCUT2D eigenvalue weighted by Gasteiger charge is 2.09. The first-order valence-electron chi connectivity index (χ1n) is 6.05. The van der Waals surface area contributed by atoms with Crippen LogP contribution in [0.25, 0.3) is 0 Å². The maximum absolute atomic E-state index is 9.89. The Morgan fingerprint density at radius 3 is 2.94 bits per heavy atom. The molecule has 1 aromatic heterocycles. The van der Waals surface area contributed by atoms with E-state index in [-0.39, 0.29) is 0 Å². The number of rotatable bonds is 9. The highest BCUT2D eigenvalue weighted by Crippen LogP contribution is 2.15. The molecule has 98 valence electrons. The van der Waals surface area contributed by atoms with Gasteiger partial charge in [0.15, 0.2) is 0 Å². The van der Waals surface area contributed by atoms with Crippen molar-refractivity contribution in [2.24, 2.45) is 0 Å². The summed E-state index contributed by atoms with van der Waals surface area (Å²) in [6.45, 7) is 4.67. The molecule has 1 atom stereocenters. The fourth-order valence-corrected chi connectivity index (χ4v) is 1.51. The zero-order valence-electron chi connectivity index (χ0n) is 10.6. The normalized spacial score (nSPS) is 12.9. The number of nitrogens with zero attached hydrogens (tertiary/aromatic N) is 2. The smallest absolute Gasteiger partial charge is 0.0842 e. The molecule has 5 heteroatoms. The van der Waals surface area contributed by atoms with E-state index in [1.807, 2.05) is 10.9 Å². The van der Waals surface area contributed by atoms with Crippen molar-refractivity contribution in [3.8, 4) is 0 Å². The van der Waals surface area contributed by atoms with E-state index in [9.17, 15) is 5.11 Å². The first-order valence-corrected chi connectivity index (χ1v) is 6.05. The van der Waals surface area contributed by atoms with Crippen LogP contribution in [-0.2, 0) is 16.0 Å². The average molecular weight is 242 g/mol. The summed E-state index contributed by atoms with van der Waals surface area (Å²) in [5.41, 5.74) is 0.855. The molecule has 1 N–H and O–H groups in total. The third-order valence-corrected chi connectivity index (χ3v) is 2.46. The molecule has 5 nitrogen and oxygen atoms in total. The second kappa shape index (κ2) is 8.22. The van der Waals surface area contributed by atoms with Crippen molar-refractivity contribution < 1.29 is 14.6 Å². The summed E-state index contributed by atoms with van der Waals surface area (Å²) in [6, 6.07) is 0. The number of ether oxygens (including phenoxy) is 2. The van der Waals surface area contributed by atoms with Gasteiger partial charge in [0.2, 0.25) is 0 Å². The Balaban J connectivity index is 2.23. The van der Waals surface area contributed by atoms with E-state index in [0.717, 1.165) is 18.5 Å². The van der Waals surface area contributed by atoms with Gasteiger partial charge in [0.1, 0.15) is 0 Å². The molecule has 0 aromatic carbocycles. The molecule has 0 bridgehead atoms. The minimum atomic E-state index is -0.497. The Morgan fingerprint density at radius 1 is 1.41 bits per heavy atom. The van der Waals surface area contributed by atoms with Gasteiger partial charge in [0.05, 0.1) is 25.5 Å². The van der Waals surface area contributed by atoms with E-state index in [2.05, 4.69) is 12.0 Å². The largest absolute Gasteiger partial charge is 0.388 e. The summed E-state index contributed by atoms with van der Waals surface area (Å²) in [7, 11) is 1.64. The molecule has 17 heavy (non-hydrogen) atoms. The van der Waals surface area contributed by atoms with E-state index in [4.69, 9.17) is 9.47 Å². The fourth-order valence-electron chi connectivity index (χ4n) is 1.51. The van der Waals surface area contributed by atoms with Gasteiger partial charge in [-0.15, -0.1) is 0 Å². The van der Waals surface area contributed by atoms with Gasteiger partial charge in [-0.2, -0.15) is 5.10 Å². The number of methoxy groups -OCH3 is 1. The second-order valence-corrected chi connectivity index (χ2v) is 3.95. The van der Waals surface area contributed by atoms with Gasteiger partial charge in [-0.3, -0.25) is 4.68 Å². The van der Waals surface area contributed by atoms with Crippen LogP contribution in [0.15, 0.2) is 12.4 Å². The molecule has 0 aliphatic heterocycles. The summed E-state index contributed by atoms with van der Waals surface area (Å²) in [5.74, 6) is 0. The molecule has 0 aliphatic carbocycles. The van der Waals surface area contributed by atoms with Crippen molar-refractivity contribution in [2.45, 2.75) is 32.4 Å². The first kappa shape index (κ1) is 14.2. The predicted octanol–water partition coefficient (Wildman–Crippen LogP) is 1.38. The molecule has 1 heterocycles. The number of hydrogen-bond acceptors (Lipinski definition) is 4. The van der Waals surface area contributed by atoms with E-state index in [1.165, 1.54) is 0 Å². The Hall–Kier alpha value is -0.910. The van der Waals surface area contributed by atoms with Crippen LogP contribution < -0.4 is 0 Å². The Labute approximate surface area is 102 Å². The zero-order chi connectivity index (χ0) is 12.5. The molecular formula is C12H22N2O3. The van der Waals surface area contributed by atoms with Gasteiger partial charge in [-0.25, -0.2) is 0 Å². The van der Waals surface area contributed by atoms with Crippen LogP contribution in [-0.4, -0.2) is 41.8 Å². The number of hydrogen-bond donors (Lipinski definition) is 1. The maximum atomic E-state index is 9.89. The lowest BCUT2D eigenvalue weighted by molar-refractivity contribution is 0.0475. The summed E-state index contributed by atoms with van der Waals surface area (Å²) < 4.78 is 12.0. The van der Waals surface area contributed by atoms with Crippen LogP contribution in [0.1, 0.15) is 31.4 Å². The van der Waals surface area contributed by atoms with Gasteiger partial charge in [-0.1, -0.05) is 6.92 Å². The predicted molar refractivity (Wildman–Crippen MR) is 64.8 cm³/mol. The molecule has 0 saturated carbocycles. The number of aryl methyl sites for hydroxylation is 1. The summed E-state index contributed by atoms with van der Waals surface area (Å²) in [4.78, 5) is 0. The monoisotopic (exact) mass is 242 g/mol. The maximum Gasteiger partial charge on any atom is 0.0842 e. The van der Waals surface area contributed by atoms with Gasteiger partial charge in [0, 0.05) is 38.4 Å². The van der Waals surface area contributed by atoms with Crippen LogP contribution in [0.3, 0.4) is 0 Å². The third-order valence-electron chi connectivity index (χ3n) is 2.46. The van der Waals surface area contributed by atoms with E-state index in [1.54, 1.807) is 13.3 Å². The zero-order valence-corrected chi connectivity index (χ0v) is 10.6. The van der Waals surface area contributed by atoms with Crippen molar-refractivity contribution in [3.05, 3.63) is 18.0 Å². The average Bonchev–Trinajstić information content (AvgIpc) is 2.78. The summed E-state index contributed by atoms with van der Waals surface area (Å²) >= 11 is 0. The fraction of sp³-hybridized carbons (Fsp3) is 0.750. The lowest BCUT2D eigenvalue weighted by atomic mass is 10.1. The lowest BCUT2D eigenvalue weighted by Gasteiger charge is -2.08. The molecule has 1 aromatic rings. The van der Waals surface area contributed by atoms with Gasteiger partial charge >= 0.3 is 0 Å². The van der Waals surface area contributed by atoms with Gasteiger partial charge in [-0.05, 0) is 6.42 Å². The van der Waals surface area contributed by atoms with Crippen molar-refractivity contribution in [2.75, 3.05) is 26.9 Å². The summed E-state index contributed by atoms with van der Waals surface area (Å²) in [5, 5.41) is 14.1. The molecule has 1 rings (SSSR count). The topological polar surface area (TPSA) is 56.5 Å². The highest BCUT2D eigenvalue weighted by molar-refractivity contribution is 5.07. The SMILES string of the molecule is CCCn1cc(C(O)CCOCCOC)cn1. The first-order chi connectivity index (χ1) is 8.27. The van der Waals surface area contributed by atoms with Crippen LogP contribution >= 0.6 is 0 Å². The van der Waals surface area contributed by atoms with Crippen molar-refractivity contribution >= 4 is 0 Å². The minimum Gasteiger partial charge on any atom is -0.388 e. The quantitative estimate of drug-likeness (QED) is 0.665. The van der Waals surface area contributed by atoms with Crippen LogP contribution in [0.5, 0.6) is 0 Å². The molecule has 0 amide bonds. The minimum absolute atomic E-state index is 0.497. The van der Waals surface area contributed by atoms with E-state index in [0.29, 0.717) is 26.2 Å². The molecular weight excluding hydrogens is 220 g/mol. The van der Waals surface area contributed by atoms with Crippen LogP contribution in [0.4, 0.5) is 0 Å². The second-order valence-electron chi connectivity index (χ2n) is 3.95. The van der Waals surface area contributed by atoms with Gasteiger partial charge in [0.25, 0.3) is 0 Å². The van der Waals surface area contributed by atoms with Crippen LogP contribution in [0, 0.1) is 0 Å². The Bertz CT molecular complexity index is 302. The number of aliphatic hydroxyl groups excluding tert-OH is 1. The molecule has 0 radical (unpaired) electrons. The third kappa shape index (κ3) is 5.30. The van der Waals surface area contributed by atoms with Crippen molar-refractivity contribution in [3.63, 3.8) is 0 Å². The molecule has 0 saturated heterocycles. The molecule has 0 aliphatic rings. The number of aliphatic hydroxyl groups is 1. The standard InChI is InChI=1S/C12H22N2O3/c1-3-5-14-10-11(9-13-14)12(15)4-6-17-8-7-16-2/h9-10,12,15H,3-8H2,1-2H3. The van der Waals surface area contributed by atoms with Crippen molar-refractivity contribution in [1.82, 2.24) is 9.78 Å². The number of aromatic nitrogens is 2.